The average Bonchev–Trinajstić information content (AvgIpc) is 2.39. The predicted molar refractivity (Wildman–Crippen MR) is 68.4 cm³/mol. The van der Waals surface area contributed by atoms with E-state index >= 15 is 0 Å². The highest BCUT2D eigenvalue weighted by atomic mass is 32.2. The van der Waals surface area contributed by atoms with Crippen LogP contribution in [0.4, 0.5) is 0 Å². The molecule has 0 radical (unpaired) electrons. The van der Waals surface area contributed by atoms with Gasteiger partial charge in [0.05, 0.1) is 5.69 Å². The van der Waals surface area contributed by atoms with Crippen LogP contribution in [0, 0.1) is 0 Å². The first kappa shape index (κ1) is 13.4. The van der Waals surface area contributed by atoms with Crippen LogP contribution in [0.2, 0.25) is 0 Å². The zero-order chi connectivity index (χ0) is 13.2. The van der Waals surface area contributed by atoms with Gasteiger partial charge in [0.2, 0.25) is 10.0 Å². The van der Waals surface area contributed by atoms with Crippen molar-refractivity contribution >= 4 is 10.0 Å². The summed E-state index contributed by atoms with van der Waals surface area (Å²) < 4.78 is 26.6. The lowest BCUT2D eigenvalue weighted by Gasteiger charge is -2.34. The highest BCUT2D eigenvalue weighted by molar-refractivity contribution is 7.89. The Kier molecular flexibility index (Phi) is 3.94. The van der Waals surface area contributed by atoms with Gasteiger partial charge < -0.3 is 5.32 Å². The summed E-state index contributed by atoms with van der Waals surface area (Å²) >= 11 is 0. The number of hydrogen-bond acceptors (Lipinski definition) is 5. The first-order valence-corrected chi connectivity index (χ1v) is 7.51. The van der Waals surface area contributed by atoms with Gasteiger partial charge in [-0.3, -0.25) is 9.97 Å². The lowest BCUT2D eigenvalue weighted by Crippen LogP contribution is -2.53. The Labute approximate surface area is 107 Å². The highest BCUT2D eigenvalue weighted by Crippen LogP contribution is 2.25. The molecule has 100 valence electrons. The number of rotatable bonds is 3. The molecule has 1 fully saturated rings. The summed E-state index contributed by atoms with van der Waals surface area (Å²) in [6.45, 7) is 5.46. The van der Waals surface area contributed by atoms with Crippen LogP contribution in [-0.4, -0.2) is 48.4 Å². The zero-order valence-corrected chi connectivity index (χ0v) is 11.4. The van der Waals surface area contributed by atoms with Crippen LogP contribution in [-0.2, 0) is 10.0 Å². The van der Waals surface area contributed by atoms with Crippen LogP contribution in [0.1, 0.15) is 24.8 Å². The van der Waals surface area contributed by atoms with Crippen molar-refractivity contribution < 1.29 is 8.42 Å². The van der Waals surface area contributed by atoms with E-state index in [1.165, 1.54) is 18.6 Å². The first-order chi connectivity index (χ1) is 8.53. The topological polar surface area (TPSA) is 75.2 Å². The highest BCUT2D eigenvalue weighted by Gasteiger charge is 2.35. The van der Waals surface area contributed by atoms with Crippen molar-refractivity contribution in [3.05, 3.63) is 24.3 Å². The minimum Gasteiger partial charge on any atom is -0.314 e. The zero-order valence-electron chi connectivity index (χ0n) is 10.6. The Morgan fingerprint density at radius 2 is 2.28 bits per heavy atom. The van der Waals surface area contributed by atoms with Crippen molar-refractivity contribution in [2.24, 2.45) is 0 Å². The molecule has 1 aromatic rings. The number of sulfonamides is 1. The molecular weight excluding hydrogens is 252 g/mol. The standard InChI is InChI=1S/C11H18N4O2S/c1-9-7-13-5-6-15(9)18(16,17)10(2)11-8-12-3-4-14-11/h3-4,8-10,13H,5-7H2,1-2H3/t9-,10-/m1/s1. The number of piperazine rings is 1. The molecule has 2 atom stereocenters. The monoisotopic (exact) mass is 270 g/mol. The van der Waals surface area contributed by atoms with E-state index in [-0.39, 0.29) is 6.04 Å². The molecule has 1 saturated heterocycles. The molecule has 0 unspecified atom stereocenters. The SMILES string of the molecule is C[C@@H]1CNCCN1S(=O)(=O)[C@H](C)c1cnccn1. The summed E-state index contributed by atoms with van der Waals surface area (Å²) in [4.78, 5) is 8.01. The van der Waals surface area contributed by atoms with Crippen LogP contribution in [0.3, 0.4) is 0 Å². The molecule has 2 heterocycles. The van der Waals surface area contributed by atoms with Gasteiger partial charge in [-0.05, 0) is 13.8 Å². The number of hydrogen-bond donors (Lipinski definition) is 1. The van der Waals surface area contributed by atoms with Gasteiger partial charge in [-0.25, -0.2) is 8.42 Å². The molecule has 18 heavy (non-hydrogen) atoms. The summed E-state index contributed by atoms with van der Waals surface area (Å²) in [6.07, 6.45) is 4.56. The van der Waals surface area contributed by atoms with E-state index in [2.05, 4.69) is 15.3 Å². The van der Waals surface area contributed by atoms with Crippen molar-refractivity contribution in [1.29, 1.82) is 0 Å². The van der Waals surface area contributed by atoms with Gasteiger partial charge in [-0.2, -0.15) is 4.31 Å². The molecule has 6 nitrogen and oxygen atoms in total. The molecule has 2 rings (SSSR count). The van der Waals surface area contributed by atoms with Crippen molar-refractivity contribution in [3.63, 3.8) is 0 Å². The van der Waals surface area contributed by atoms with Crippen molar-refractivity contribution in [2.75, 3.05) is 19.6 Å². The molecule has 0 saturated carbocycles. The van der Waals surface area contributed by atoms with Crippen LogP contribution in [0.25, 0.3) is 0 Å². The Hall–Kier alpha value is -1.05. The largest absolute Gasteiger partial charge is 0.314 e. The van der Waals surface area contributed by atoms with Crippen molar-refractivity contribution in [2.45, 2.75) is 25.1 Å². The molecule has 0 bridgehead atoms. The summed E-state index contributed by atoms with van der Waals surface area (Å²) in [5.74, 6) is 0. The second-order valence-electron chi connectivity index (χ2n) is 4.48. The lowest BCUT2D eigenvalue weighted by atomic mass is 10.3. The maximum Gasteiger partial charge on any atom is 0.222 e. The molecule has 1 N–H and O–H groups in total. The predicted octanol–water partition coefficient (Wildman–Crippen LogP) is 0.161. The van der Waals surface area contributed by atoms with Crippen LogP contribution in [0.5, 0.6) is 0 Å². The van der Waals surface area contributed by atoms with Crippen LogP contribution < -0.4 is 5.32 Å². The van der Waals surface area contributed by atoms with Gasteiger partial charge in [0.1, 0.15) is 5.25 Å². The quantitative estimate of drug-likeness (QED) is 0.847. The third kappa shape index (κ3) is 2.52. The maximum absolute atomic E-state index is 12.5. The van der Waals surface area contributed by atoms with Crippen LogP contribution >= 0.6 is 0 Å². The third-order valence-electron chi connectivity index (χ3n) is 3.21. The van der Waals surface area contributed by atoms with Gasteiger partial charge in [0.15, 0.2) is 0 Å². The second kappa shape index (κ2) is 5.29. The Bertz CT molecular complexity index is 491. The molecule has 1 aliphatic heterocycles. The van der Waals surface area contributed by atoms with Crippen LogP contribution in [0.15, 0.2) is 18.6 Å². The third-order valence-corrected chi connectivity index (χ3v) is 5.54. The molecule has 1 aromatic heterocycles. The molecule has 0 spiro atoms. The van der Waals surface area contributed by atoms with E-state index in [0.29, 0.717) is 25.3 Å². The Morgan fingerprint density at radius 3 is 2.89 bits per heavy atom. The Morgan fingerprint density at radius 1 is 1.50 bits per heavy atom. The summed E-state index contributed by atoms with van der Waals surface area (Å²) in [5, 5.41) is 2.52. The Balaban J connectivity index is 2.25. The normalized spacial score (nSPS) is 23.8. The first-order valence-electron chi connectivity index (χ1n) is 6.00. The maximum atomic E-state index is 12.5. The van der Waals surface area contributed by atoms with Gasteiger partial charge >= 0.3 is 0 Å². The van der Waals surface area contributed by atoms with E-state index in [4.69, 9.17) is 0 Å². The van der Waals surface area contributed by atoms with Gasteiger partial charge in [-0.1, -0.05) is 0 Å². The fourth-order valence-corrected chi connectivity index (χ4v) is 3.83. The molecule has 0 amide bonds. The van der Waals surface area contributed by atoms with E-state index < -0.39 is 15.3 Å². The summed E-state index contributed by atoms with van der Waals surface area (Å²) in [6, 6.07) is -0.0251. The van der Waals surface area contributed by atoms with Crippen molar-refractivity contribution in [3.8, 4) is 0 Å². The van der Waals surface area contributed by atoms with Gasteiger partial charge in [-0.15, -0.1) is 0 Å². The number of aromatic nitrogens is 2. The van der Waals surface area contributed by atoms with E-state index in [0.717, 1.165) is 0 Å². The van der Waals surface area contributed by atoms with E-state index in [1.807, 2.05) is 6.92 Å². The van der Waals surface area contributed by atoms with E-state index in [9.17, 15) is 8.42 Å². The average molecular weight is 270 g/mol. The number of nitrogens with one attached hydrogen (secondary N) is 1. The van der Waals surface area contributed by atoms with E-state index in [1.54, 1.807) is 11.2 Å². The minimum atomic E-state index is -3.37. The summed E-state index contributed by atoms with van der Waals surface area (Å²) in [7, 11) is -3.37. The van der Waals surface area contributed by atoms with Crippen molar-refractivity contribution in [1.82, 2.24) is 19.6 Å². The van der Waals surface area contributed by atoms with Gasteiger partial charge in [0, 0.05) is 44.3 Å². The lowest BCUT2D eigenvalue weighted by molar-refractivity contribution is 0.281. The van der Waals surface area contributed by atoms with Gasteiger partial charge in [0.25, 0.3) is 0 Å². The molecule has 7 heteroatoms. The number of nitrogens with zero attached hydrogens (tertiary/aromatic N) is 3. The second-order valence-corrected chi connectivity index (χ2v) is 6.69. The fraction of sp³-hybridized carbons (Fsp3) is 0.636. The minimum absolute atomic E-state index is 0.0251. The molecule has 1 aliphatic rings. The summed E-state index contributed by atoms with van der Waals surface area (Å²) in [5.41, 5.74) is 0.489. The molecular formula is C11H18N4O2S. The fourth-order valence-electron chi connectivity index (χ4n) is 2.08. The smallest absolute Gasteiger partial charge is 0.222 e. The molecule has 0 aliphatic carbocycles. The molecule has 0 aromatic carbocycles.